The van der Waals surface area contributed by atoms with E-state index in [1.54, 1.807) is 24.3 Å². The Kier molecular flexibility index (Phi) is 2.84. The van der Waals surface area contributed by atoms with E-state index in [1.165, 1.54) is 18.4 Å². The Morgan fingerprint density at radius 1 is 0.950 bits per heavy atom. The lowest BCUT2D eigenvalue weighted by atomic mass is 10.0. The summed E-state index contributed by atoms with van der Waals surface area (Å²) < 4.78 is 5.03. The van der Waals surface area contributed by atoms with Crippen molar-refractivity contribution in [3.63, 3.8) is 0 Å². The van der Waals surface area contributed by atoms with E-state index in [0.29, 0.717) is 5.39 Å². The van der Waals surface area contributed by atoms with E-state index in [9.17, 15) is 9.59 Å². The first-order valence-electron chi connectivity index (χ1n) is 6.01. The van der Waals surface area contributed by atoms with E-state index in [2.05, 4.69) is 0 Å². The highest BCUT2D eigenvalue weighted by Crippen LogP contribution is 2.26. The number of carbonyl (C=O) groups is 1. The van der Waals surface area contributed by atoms with Crippen LogP contribution < -0.4 is 5.63 Å². The molecule has 0 radical (unpaired) electrons. The summed E-state index contributed by atoms with van der Waals surface area (Å²) in [6.07, 6.45) is 1.40. The van der Waals surface area contributed by atoms with E-state index in [1.807, 2.05) is 12.1 Å². The Bertz CT molecular complexity index is 844. The molecule has 0 saturated carbocycles. The zero-order chi connectivity index (χ0) is 14.1. The Balaban J connectivity index is 2.22. The van der Waals surface area contributed by atoms with Crippen LogP contribution in [-0.4, -0.2) is 11.1 Å². The van der Waals surface area contributed by atoms with Gasteiger partial charge in [-0.3, -0.25) is 0 Å². The van der Waals surface area contributed by atoms with Crippen molar-refractivity contribution in [2.24, 2.45) is 0 Å². The van der Waals surface area contributed by atoms with Crippen molar-refractivity contribution in [1.82, 2.24) is 0 Å². The van der Waals surface area contributed by atoms with E-state index in [-0.39, 0.29) is 11.2 Å². The molecule has 1 N–H and O–H groups in total. The van der Waals surface area contributed by atoms with Gasteiger partial charge in [0.2, 0.25) is 0 Å². The lowest BCUT2D eigenvalue weighted by Crippen LogP contribution is -1.99. The summed E-state index contributed by atoms with van der Waals surface area (Å²) in [6, 6.07) is 13.6. The van der Waals surface area contributed by atoms with E-state index in [4.69, 9.17) is 9.52 Å². The number of carboxylic acids is 1. The molecule has 0 spiro atoms. The second-order valence-corrected chi connectivity index (χ2v) is 4.36. The maximum absolute atomic E-state index is 11.7. The molecule has 1 aromatic heterocycles. The number of rotatable bonds is 2. The van der Waals surface area contributed by atoms with Crippen LogP contribution in [0.4, 0.5) is 0 Å². The third-order valence-electron chi connectivity index (χ3n) is 3.16. The van der Waals surface area contributed by atoms with Crippen LogP contribution in [-0.2, 0) is 0 Å². The monoisotopic (exact) mass is 266 g/mol. The van der Waals surface area contributed by atoms with Crippen LogP contribution in [0.25, 0.3) is 21.9 Å². The summed E-state index contributed by atoms with van der Waals surface area (Å²) in [5.41, 5.74) is 1.40. The summed E-state index contributed by atoms with van der Waals surface area (Å²) in [4.78, 5) is 22.5. The molecule has 1 heterocycles. The zero-order valence-corrected chi connectivity index (χ0v) is 10.4. The lowest BCUT2D eigenvalue weighted by molar-refractivity contribution is 0.0697. The summed E-state index contributed by atoms with van der Waals surface area (Å²) in [6.45, 7) is 0. The minimum Gasteiger partial charge on any atom is -0.478 e. The van der Waals surface area contributed by atoms with Gasteiger partial charge < -0.3 is 9.52 Å². The summed E-state index contributed by atoms with van der Waals surface area (Å²) in [5.74, 6) is -0.971. The van der Waals surface area contributed by atoms with Gasteiger partial charge in [-0.1, -0.05) is 30.3 Å². The van der Waals surface area contributed by atoms with Crippen molar-refractivity contribution in [3.8, 4) is 11.1 Å². The van der Waals surface area contributed by atoms with Crippen molar-refractivity contribution in [2.75, 3.05) is 0 Å². The minimum atomic E-state index is -0.971. The molecule has 0 atom stereocenters. The molecule has 0 aliphatic rings. The number of benzene rings is 2. The second-order valence-electron chi connectivity index (χ2n) is 4.36. The summed E-state index contributed by atoms with van der Waals surface area (Å²) in [5, 5.41) is 10.2. The van der Waals surface area contributed by atoms with Gasteiger partial charge in [-0.05, 0) is 29.1 Å². The Labute approximate surface area is 113 Å². The fraction of sp³-hybridized carbons (Fsp3) is 0. The minimum absolute atomic E-state index is 0.218. The fourth-order valence-corrected chi connectivity index (χ4v) is 2.15. The van der Waals surface area contributed by atoms with Gasteiger partial charge in [0.1, 0.15) is 6.26 Å². The Morgan fingerprint density at radius 3 is 2.25 bits per heavy atom. The van der Waals surface area contributed by atoms with Crippen LogP contribution in [0.5, 0.6) is 0 Å². The average molecular weight is 266 g/mol. The van der Waals surface area contributed by atoms with Crippen molar-refractivity contribution in [3.05, 3.63) is 70.8 Å². The molecule has 0 bridgehead atoms. The van der Waals surface area contributed by atoms with Crippen LogP contribution >= 0.6 is 0 Å². The molecule has 3 aromatic rings. The van der Waals surface area contributed by atoms with Gasteiger partial charge in [0, 0.05) is 5.56 Å². The van der Waals surface area contributed by atoms with Gasteiger partial charge in [0.25, 0.3) is 0 Å². The largest absolute Gasteiger partial charge is 0.478 e. The SMILES string of the molecule is O=C(O)c1ccc(-c2coc(=O)c3ccccc23)cc1. The fourth-order valence-electron chi connectivity index (χ4n) is 2.15. The molecule has 0 aliphatic heterocycles. The Morgan fingerprint density at radius 2 is 1.60 bits per heavy atom. The molecule has 2 aromatic carbocycles. The number of hydrogen-bond acceptors (Lipinski definition) is 3. The predicted molar refractivity (Wildman–Crippen MR) is 74.9 cm³/mol. The maximum Gasteiger partial charge on any atom is 0.343 e. The molecule has 3 rings (SSSR count). The van der Waals surface area contributed by atoms with Crippen molar-refractivity contribution < 1.29 is 14.3 Å². The van der Waals surface area contributed by atoms with Crippen LogP contribution in [0.2, 0.25) is 0 Å². The molecule has 4 heteroatoms. The van der Waals surface area contributed by atoms with Gasteiger partial charge in [0.05, 0.1) is 10.9 Å². The topological polar surface area (TPSA) is 67.5 Å². The van der Waals surface area contributed by atoms with Gasteiger partial charge in [-0.15, -0.1) is 0 Å². The van der Waals surface area contributed by atoms with E-state index >= 15 is 0 Å². The molecule has 0 saturated heterocycles. The molecule has 4 nitrogen and oxygen atoms in total. The van der Waals surface area contributed by atoms with E-state index in [0.717, 1.165) is 16.5 Å². The van der Waals surface area contributed by atoms with E-state index < -0.39 is 5.97 Å². The molecule has 0 aliphatic carbocycles. The number of fused-ring (bicyclic) bond motifs is 1. The van der Waals surface area contributed by atoms with Gasteiger partial charge >= 0.3 is 11.6 Å². The van der Waals surface area contributed by atoms with Crippen molar-refractivity contribution in [2.45, 2.75) is 0 Å². The highest BCUT2D eigenvalue weighted by atomic mass is 16.4. The smallest absolute Gasteiger partial charge is 0.343 e. The quantitative estimate of drug-likeness (QED) is 0.773. The first-order chi connectivity index (χ1) is 9.66. The Hall–Kier alpha value is -2.88. The summed E-state index contributed by atoms with van der Waals surface area (Å²) in [7, 11) is 0. The molecular weight excluding hydrogens is 256 g/mol. The zero-order valence-electron chi connectivity index (χ0n) is 10.4. The maximum atomic E-state index is 11.7. The number of hydrogen-bond donors (Lipinski definition) is 1. The second kappa shape index (κ2) is 4.66. The predicted octanol–water partition coefficient (Wildman–Crippen LogP) is 3.16. The molecule has 0 amide bonds. The normalized spacial score (nSPS) is 10.6. The van der Waals surface area contributed by atoms with Crippen LogP contribution in [0.1, 0.15) is 10.4 Å². The van der Waals surface area contributed by atoms with Gasteiger partial charge in [-0.2, -0.15) is 0 Å². The lowest BCUT2D eigenvalue weighted by Gasteiger charge is -2.05. The third-order valence-corrected chi connectivity index (χ3v) is 3.16. The van der Waals surface area contributed by atoms with Gasteiger partial charge in [0.15, 0.2) is 0 Å². The average Bonchev–Trinajstić information content (AvgIpc) is 2.48. The summed E-state index contributed by atoms with van der Waals surface area (Å²) >= 11 is 0. The number of carboxylic acid groups (broad SMARTS) is 1. The molecule has 0 unspecified atom stereocenters. The highest BCUT2D eigenvalue weighted by molar-refractivity contribution is 5.96. The molecule has 20 heavy (non-hydrogen) atoms. The molecular formula is C16H10O4. The molecule has 0 fully saturated rings. The van der Waals surface area contributed by atoms with Crippen LogP contribution in [0.3, 0.4) is 0 Å². The number of aromatic carboxylic acids is 1. The highest BCUT2D eigenvalue weighted by Gasteiger charge is 2.09. The first-order valence-corrected chi connectivity index (χ1v) is 6.01. The third kappa shape index (κ3) is 1.97. The molecule has 98 valence electrons. The van der Waals surface area contributed by atoms with Gasteiger partial charge in [-0.25, -0.2) is 9.59 Å². The van der Waals surface area contributed by atoms with Crippen molar-refractivity contribution in [1.29, 1.82) is 0 Å². The standard InChI is InChI=1S/C16H10O4/c17-15(18)11-7-5-10(6-8-11)14-9-20-16(19)13-4-2-1-3-12(13)14/h1-9H,(H,17,18). The van der Waals surface area contributed by atoms with Crippen molar-refractivity contribution >= 4 is 16.7 Å². The van der Waals surface area contributed by atoms with Crippen LogP contribution in [0, 0.1) is 0 Å². The van der Waals surface area contributed by atoms with Crippen LogP contribution in [0.15, 0.2) is 64.0 Å². The first kappa shape index (κ1) is 12.2.